The number of carbonyl (C=O) groups is 1. The normalized spacial score (nSPS) is 14.0. The van der Waals surface area contributed by atoms with Gasteiger partial charge < -0.3 is 10.6 Å². The zero-order chi connectivity index (χ0) is 14.8. The number of anilines is 1. The van der Waals surface area contributed by atoms with E-state index < -0.39 is 0 Å². The minimum atomic E-state index is 0.0236. The molecule has 0 unspecified atom stereocenters. The molecule has 4 nitrogen and oxygen atoms in total. The smallest absolute Gasteiger partial charge is 0.256 e. The Morgan fingerprint density at radius 2 is 2.00 bits per heavy atom. The fourth-order valence-corrected chi connectivity index (χ4v) is 2.46. The van der Waals surface area contributed by atoms with Crippen molar-refractivity contribution < 1.29 is 4.79 Å². The summed E-state index contributed by atoms with van der Waals surface area (Å²) in [6.07, 6.45) is 5.66. The van der Waals surface area contributed by atoms with Gasteiger partial charge in [0.1, 0.15) is 0 Å². The molecule has 0 radical (unpaired) electrons. The maximum absolute atomic E-state index is 12.8. The Morgan fingerprint density at radius 1 is 1.29 bits per heavy atom. The van der Waals surface area contributed by atoms with Gasteiger partial charge in [0.05, 0.1) is 5.56 Å². The van der Waals surface area contributed by atoms with E-state index in [9.17, 15) is 4.79 Å². The third kappa shape index (κ3) is 2.89. The lowest BCUT2D eigenvalue weighted by molar-refractivity contribution is 0.0731. The molecule has 4 heteroatoms. The first-order valence-electron chi connectivity index (χ1n) is 7.22. The van der Waals surface area contributed by atoms with Crippen LogP contribution in [0.4, 0.5) is 5.69 Å². The number of hydrogen-bond donors (Lipinski definition) is 1. The molecule has 21 heavy (non-hydrogen) atoms. The molecular weight excluding hydrogens is 262 g/mol. The van der Waals surface area contributed by atoms with Crippen LogP contribution in [0.2, 0.25) is 0 Å². The molecule has 2 aromatic rings. The van der Waals surface area contributed by atoms with Crippen molar-refractivity contribution in [3.05, 3.63) is 59.4 Å². The number of para-hydroxylation sites is 1. The van der Waals surface area contributed by atoms with Gasteiger partial charge in [0.2, 0.25) is 0 Å². The number of nitrogens with zero attached hydrogens (tertiary/aromatic N) is 2. The Bertz CT molecular complexity index is 650. The SMILES string of the molecule is Cc1cccc(C(=O)N(Cc2ccncc2)C2CC2)c1N. The lowest BCUT2D eigenvalue weighted by Crippen LogP contribution is -2.33. The first-order chi connectivity index (χ1) is 10.2. The molecule has 1 aliphatic carbocycles. The van der Waals surface area contributed by atoms with E-state index in [2.05, 4.69) is 4.98 Å². The predicted molar refractivity (Wildman–Crippen MR) is 82.7 cm³/mol. The predicted octanol–water partition coefficient (Wildman–Crippen LogP) is 2.78. The van der Waals surface area contributed by atoms with Crippen LogP contribution in [-0.2, 0) is 6.54 Å². The maximum Gasteiger partial charge on any atom is 0.256 e. The number of aromatic nitrogens is 1. The molecule has 3 rings (SSSR count). The van der Waals surface area contributed by atoms with E-state index in [1.807, 2.05) is 42.2 Å². The Hall–Kier alpha value is -2.36. The van der Waals surface area contributed by atoms with Gasteiger partial charge >= 0.3 is 0 Å². The maximum atomic E-state index is 12.8. The molecule has 1 aromatic heterocycles. The van der Waals surface area contributed by atoms with Crippen molar-refractivity contribution in [2.75, 3.05) is 5.73 Å². The van der Waals surface area contributed by atoms with Crippen molar-refractivity contribution in [2.24, 2.45) is 0 Å². The van der Waals surface area contributed by atoms with Crippen molar-refractivity contribution in [1.29, 1.82) is 0 Å². The van der Waals surface area contributed by atoms with Gasteiger partial charge in [-0.3, -0.25) is 9.78 Å². The molecule has 108 valence electrons. The zero-order valence-corrected chi connectivity index (χ0v) is 12.1. The minimum absolute atomic E-state index is 0.0236. The van der Waals surface area contributed by atoms with E-state index in [4.69, 9.17) is 5.73 Å². The van der Waals surface area contributed by atoms with Gasteiger partial charge in [-0.05, 0) is 49.1 Å². The van der Waals surface area contributed by atoms with Crippen molar-refractivity contribution in [1.82, 2.24) is 9.88 Å². The minimum Gasteiger partial charge on any atom is -0.398 e. The summed E-state index contributed by atoms with van der Waals surface area (Å²) in [6.45, 7) is 2.54. The summed E-state index contributed by atoms with van der Waals surface area (Å²) in [5.41, 5.74) is 9.31. The number of aryl methyl sites for hydroxylation is 1. The molecular formula is C17H19N3O. The molecule has 2 N–H and O–H groups in total. The Morgan fingerprint density at radius 3 is 2.67 bits per heavy atom. The van der Waals surface area contributed by atoms with E-state index in [0.29, 0.717) is 23.8 Å². The molecule has 1 saturated carbocycles. The Kier molecular flexibility index (Phi) is 3.60. The second-order valence-electron chi connectivity index (χ2n) is 5.56. The fraction of sp³-hybridized carbons (Fsp3) is 0.294. The van der Waals surface area contributed by atoms with Crippen LogP contribution in [0.1, 0.15) is 34.3 Å². The summed E-state index contributed by atoms with van der Waals surface area (Å²) in [5.74, 6) is 0.0236. The molecule has 1 heterocycles. The van der Waals surface area contributed by atoms with Crippen molar-refractivity contribution in [3.63, 3.8) is 0 Å². The number of pyridine rings is 1. The highest BCUT2D eigenvalue weighted by molar-refractivity contribution is 6.00. The van der Waals surface area contributed by atoms with Crippen LogP contribution < -0.4 is 5.73 Å². The van der Waals surface area contributed by atoms with Crippen LogP contribution in [0.15, 0.2) is 42.7 Å². The van der Waals surface area contributed by atoms with Gasteiger partial charge in [-0.1, -0.05) is 12.1 Å². The van der Waals surface area contributed by atoms with E-state index >= 15 is 0 Å². The average Bonchev–Trinajstić information content (AvgIpc) is 3.33. The van der Waals surface area contributed by atoms with Gasteiger partial charge in [-0.25, -0.2) is 0 Å². The van der Waals surface area contributed by atoms with E-state index in [1.165, 1.54) is 0 Å². The highest BCUT2D eigenvalue weighted by atomic mass is 16.2. The van der Waals surface area contributed by atoms with Gasteiger partial charge in [-0.15, -0.1) is 0 Å². The molecule has 1 aromatic carbocycles. The molecule has 1 amide bonds. The van der Waals surface area contributed by atoms with E-state index in [-0.39, 0.29) is 5.91 Å². The number of rotatable bonds is 4. The molecule has 0 aliphatic heterocycles. The largest absolute Gasteiger partial charge is 0.398 e. The fourth-order valence-electron chi connectivity index (χ4n) is 2.46. The second kappa shape index (κ2) is 5.56. The Labute approximate surface area is 124 Å². The lowest BCUT2D eigenvalue weighted by Gasteiger charge is -2.23. The molecule has 0 saturated heterocycles. The van der Waals surface area contributed by atoms with Crippen molar-refractivity contribution in [2.45, 2.75) is 32.4 Å². The monoisotopic (exact) mass is 281 g/mol. The number of carbonyl (C=O) groups excluding carboxylic acids is 1. The number of benzene rings is 1. The second-order valence-corrected chi connectivity index (χ2v) is 5.56. The Balaban J connectivity index is 1.87. The summed E-state index contributed by atoms with van der Waals surface area (Å²) < 4.78 is 0. The van der Waals surface area contributed by atoms with E-state index in [1.54, 1.807) is 12.4 Å². The molecule has 0 atom stereocenters. The highest BCUT2D eigenvalue weighted by Crippen LogP contribution is 2.31. The standard InChI is InChI=1S/C17H19N3O/c1-12-3-2-4-15(16(12)18)17(21)20(14-5-6-14)11-13-7-9-19-10-8-13/h2-4,7-10,14H,5-6,11,18H2,1H3. The molecule has 1 aliphatic rings. The van der Waals surface area contributed by atoms with Crippen LogP contribution in [-0.4, -0.2) is 21.8 Å². The molecule has 0 spiro atoms. The number of amides is 1. The lowest BCUT2D eigenvalue weighted by atomic mass is 10.1. The van der Waals surface area contributed by atoms with Crippen LogP contribution in [0, 0.1) is 6.92 Å². The summed E-state index contributed by atoms with van der Waals surface area (Å²) in [7, 11) is 0. The van der Waals surface area contributed by atoms with Crippen LogP contribution in [0.5, 0.6) is 0 Å². The molecule has 0 bridgehead atoms. The van der Waals surface area contributed by atoms with Crippen LogP contribution >= 0.6 is 0 Å². The topological polar surface area (TPSA) is 59.2 Å². The third-order valence-corrected chi connectivity index (χ3v) is 3.91. The first-order valence-corrected chi connectivity index (χ1v) is 7.22. The number of nitrogen functional groups attached to an aromatic ring is 1. The van der Waals surface area contributed by atoms with Gasteiger partial charge in [0, 0.05) is 30.7 Å². The summed E-state index contributed by atoms with van der Waals surface area (Å²) >= 11 is 0. The van der Waals surface area contributed by atoms with E-state index in [0.717, 1.165) is 24.0 Å². The van der Waals surface area contributed by atoms with Crippen LogP contribution in [0.25, 0.3) is 0 Å². The van der Waals surface area contributed by atoms with Gasteiger partial charge in [0.15, 0.2) is 0 Å². The third-order valence-electron chi connectivity index (χ3n) is 3.91. The quantitative estimate of drug-likeness (QED) is 0.877. The number of nitrogens with two attached hydrogens (primary N) is 1. The van der Waals surface area contributed by atoms with Crippen LogP contribution in [0.3, 0.4) is 0 Å². The van der Waals surface area contributed by atoms with Gasteiger partial charge in [-0.2, -0.15) is 0 Å². The highest BCUT2D eigenvalue weighted by Gasteiger charge is 2.33. The molecule has 1 fully saturated rings. The summed E-state index contributed by atoms with van der Waals surface area (Å²) in [6, 6.07) is 9.86. The summed E-state index contributed by atoms with van der Waals surface area (Å²) in [4.78, 5) is 18.8. The first kappa shape index (κ1) is 13.6. The number of hydrogen-bond acceptors (Lipinski definition) is 3. The zero-order valence-electron chi connectivity index (χ0n) is 12.1. The van der Waals surface area contributed by atoms with Gasteiger partial charge in [0.25, 0.3) is 5.91 Å². The average molecular weight is 281 g/mol. The van der Waals surface area contributed by atoms with Crippen molar-refractivity contribution >= 4 is 11.6 Å². The summed E-state index contributed by atoms with van der Waals surface area (Å²) in [5, 5.41) is 0. The van der Waals surface area contributed by atoms with Crippen molar-refractivity contribution in [3.8, 4) is 0 Å².